The third-order valence-electron chi connectivity index (χ3n) is 6.55. The summed E-state index contributed by atoms with van der Waals surface area (Å²) in [4.78, 5) is 17.7. The Bertz CT molecular complexity index is 1380. The predicted molar refractivity (Wildman–Crippen MR) is 135 cm³/mol. The molecule has 0 saturated heterocycles. The summed E-state index contributed by atoms with van der Waals surface area (Å²) >= 11 is 6.26. The summed E-state index contributed by atoms with van der Waals surface area (Å²) in [6, 6.07) is 7.87. The molecule has 170 valence electrons. The quantitative estimate of drug-likeness (QED) is 0.338. The van der Waals surface area contributed by atoms with E-state index < -0.39 is 0 Å². The number of aromatic nitrogens is 5. The average Bonchev–Trinajstić information content (AvgIpc) is 3.21. The number of fused-ring (bicyclic) bond motifs is 1. The van der Waals surface area contributed by atoms with E-state index >= 15 is 0 Å². The Morgan fingerprint density at radius 1 is 1.12 bits per heavy atom. The number of hydrogen-bond donors (Lipinski definition) is 0. The van der Waals surface area contributed by atoms with Crippen LogP contribution in [0.2, 0.25) is 5.02 Å². The van der Waals surface area contributed by atoms with Crippen molar-refractivity contribution in [2.24, 2.45) is 11.8 Å². The van der Waals surface area contributed by atoms with Crippen molar-refractivity contribution in [2.45, 2.75) is 39.2 Å². The van der Waals surface area contributed by atoms with Gasteiger partial charge in [0.1, 0.15) is 17.3 Å². The van der Waals surface area contributed by atoms with Crippen LogP contribution in [0, 0.1) is 23.2 Å². The van der Waals surface area contributed by atoms with Gasteiger partial charge in [0, 0.05) is 48.7 Å². The van der Waals surface area contributed by atoms with Crippen molar-refractivity contribution in [3.63, 3.8) is 0 Å². The Hall–Kier alpha value is -3.56. The lowest BCUT2D eigenvalue weighted by molar-refractivity contribution is 0.267. The van der Waals surface area contributed by atoms with Crippen molar-refractivity contribution in [3.05, 3.63) is 71.2 Å². The second kappa shape index (κ2) is 9.74. The van der Waals surface area contributed by atoms with E-state index in [9.17, 15) is 5.26 Å². The first-order valence-corrected chi connectivity index (χ1v) is 12.0. The van der Waals surface area contributed by atoms with E-state index in [0.717, 1.165) is 40.2 Å². The molecule has 4 aromatic rings. The maximum absolute atomic E-state index is 9.66. The van der Waals surface area contributed by atoms with Crippen molar-refractivity contribution in [1.82, 2.24) is 24.5 Å². The number of rotatable bonds is 5. The SMILES string of the molecule is CC1CCC(Cn2cc(C=Cc3cccnc3)c3nc(C#N)nc(-c4cncc(Cl)c4)c32)CC1. The summed E-state index contributed by atoms with van der Waals surface area (Å²) in [5.74, 6) is 1.52. The largest absolute Gasteiger partial charge is 0.343 e. The minimum Gasteiger partial charge on any atom is -0.343 e. The number of hydrogen-bond acceptors (Lipinski definition) is 5. The summed E-state index contributed by atoms with van der Waals surface area (Å²) in [5.41, 5.74) is 5.06. The maximum atomic E-state index is 9.66. The van der Waals surface area contributed by atoms with Crippen LogP contribution >= 0.6 is 11.6 Å². The molecule has 4 heterocycles. The van der Waals surface area contributed by atoms with E-state index in [2.05, 4.69) is 43.7 Å². The fourth-order valence-electron chi connectivity index (χ4n) is 4.73. The second-order valence-electron chi connectivity index (χ2n) is 9.08. The van der Waals surface area contributed by atoms with Crippen LogP contribution in [0.25, 0.3) is 34.4 Å². The Morgan fingerprint density at radius 2 is 1.97 bits per heavy atom. The molecule has 1 fully saturated rings. The van der Waals surface area contributed by atoms with Gasteiger partial charge in [-0.15, -0.1) is 0 Å². The monoisotopic (exact) mass is 468 g/mol. The Labute approximate surface area is 204 Å². The van der Waals surface area contributed by atoms with E-state index in [0.29, 0.717) is 16.6 Å². The Kier molecular flexibility index (Phi) is 6.37. The van der Waals surface area contributed by atoms with Crippen LogP contribution in [0.15, 0.2) is 49.2 Å². The molecule has 6 nitrogen and oxygen atoms in total. The zero-order chi connectivity index (χ0) is 23.5. The zero-order valence-electron chi connectivity index (χ0n) is 19.0. The van der Waals surface area contributed by atoms with Crippen LogP contribution < -0.4 is 0 Å². The van der Waals surface area contributed by atoms with Crippen molar-refractivity contribution >= 4 is 34.8 Å². The third kappa shape index (κ3) is 4.71. The van der Waals surface area contributed by atoms with Crippen LogP contribution in [0.4, 0.5) is 0 Å². The Balaban J connectivity index is 1.67. The maximum Gasteiger partial charge on any atom is 0.233 e. The number of pyridine rings is 2. The third-order valence-corrected chi connectivity index (χ3v) is 6.75. The van der Waals surface area contributed by atoms with Gasteiger partial charge in [-0.1, -0.05) is 49.6 Å². The molecule has 0 unspecified atom stereocenters. The van der Waals surface area contributed by atoms with Gasteiger partial charge in [0.2, 0.25) is 5.82 Å². The van der Waals surface area contributed by atoms with E-state index in [1.165, 1.54) is 25.7 Å². The Morgan fingerprint density at radius 3 is 2.71 bits per heavy atom. The summed E-state index contributed by atoms with van der Waals surface area (Å²) in [6.45, 7) is 3.23. The van der Waals surface area contributed by atoms with E-state index in [4.69, 9.17) is 11.6 Å². The molecule has 0 radical (unpaired) electrons. The fraction of sp³-hybridized carbons (Fsp3) is 0.296. The van der Waals surface area contributed by atoms with Gasteiger partial charge in [0.25, 0.3) is 0 Å². The van der Waals surface area contributed by atoms with Gasteiger partial charge in [-0.2, -0.15) is 5.26 Å². The first-order valence-electron chi connectivity index (χ1n) is 11.6. The van der Waals surface area contributed by atoms with Gasteiger partial charge in [-0.25, -0.2) is 9.97 Å². The van der Waals surface area contributed by atoms with Gasteiger partial charge in [0.15, 0.2) is 0 Å². The van der Waals surface area contributed by atoms with Gasteiger partial charge in [-0.05, 0) is 42.4 Å². The number of nitrogens with zero attached hydrogens (tertiary/aromatic N) is 6. The summed E-state index contributed by atoms with van der Waals surface area (Å²) in [6.07, 6.45) is 18.0. The average molecular weight is 469 g/mol. The van der Waals surface area contributed by atoms with Crippen LogP contribution in [-0.2, 0) is 6.54 Å². The standard InChI is InChI=1S/C27H25ClN6/c1-18-4-6-20(7-5-18)16-34-17-21(9-8-19-3-2-10-30-13-19)25-27(34)26(33-24(12-29)32-25)22-11-23(28)15-31-14-22/h2-3,8-11,13-15,17-18,20H,4-7,16H2,1H3. The first-order chi connectivity index (χ1) is 16.6. The molecule has 0 amide bonds. The van der Waals surface area contributed by atoms with Crippen molar-refractivity contribution in [1.29, 1.82) is 5.26 Å². The summed E-state index contributed by atoms with van der Waals surface area (Å²) in [5, 5.41) is 10.2. The highest BCUT2D eigenvalue weighted by molar-refractivity contribution is 6.30. The van der Waals surface area contributed by atoms with E-state index in [-0.39, 0.29) is 5.82 Å². The molecule has 0 spiro atoms. The molecular formula is C27H25ClN6. The molecule has 0 atom stereocenters. The number of nitriles is 1. The van der Waals surface area contributed by atoms with Crippen LogP contribution in [0.3, 0.4) is 0 Å². The summed E-state index contributed by atoms with van der Waals surface area (Å²) < 4.78 is 2.26. The topological polar surface area (TPSA) is 80.3 Å². The van der Waals surface area contributed by atoms with Crippen molar-refractivity contribution in [3.8, 4) is 17.3 Å². The minimum absolute atomic E-state index is 0.128. The lowest BCUT2D eigenvalue weighted by atomic mass is 9.83. The molecule has 1 saturated carbocycles. The highest BCUT2D eigenvalue weighted by Crippen LogP contribution is 2.34. The molecule has 34 heavy (non-hydrogen) atoms. The fourth-order valence-corrected chi connectivity index (χ4v) is 4.90. The minimum atomic E-state index is 0.128. The molecule has 0 aliphatic heterocycles. The van der Waals surface area contributed by atoms with Crippen molar-refractivity contribution in [2.75, 3.05) is 0 Å². The molecule has 5 rings (SSSR count). The van der Waals surface area contributed by atoms with Crippen LogP contribution in [-0.4, -0.2) is 24.5 Å². The molecule has 1 aliphatic rings. The molecule has 0 aromatic carbocycles. The smallest absolute Gasteiger partial charge is 0.233 e. The molecule has 0 N–H and O–H groups in total. The molecule has 0 bridgehead atoms. The normalized spacial score (nSPS) is 18.4. The molecule has 4 aromatic heterocycles. The molecular weight excluding hydrogens is 444 g/mol. The lowest BCUT2D eigenvalue weighted by Gasteiger charge is -2.26. The van der Waals surface area contributed by atoms with Gasteiger partial charge < -0.3 is 4.57 Å². The highest BCUT2D eigenvalue weighted by Gasteiger charge is 2.22. The van der Waals surface area contributed by atoms with Gasteiger partial charge in [0.05, 0.1) is 10.5 Å². The summed E-state index contributed by atoms with van der Waals surface area (Å²) in [7, 11) is 0. The predicted octanol–water partition coefficient (Wildman–Crippen LogP) is 6.41. The van der Waals surface area contributed by atoms with Crippen molar-refractivity contribution < 1.29 is 0 Å². The zero-order valence-corrected chi connectivity index (χ0v) is 19.8. The van der Waals surface area contributed by atoms with Crippen LogP contribution in [0.5, 0.6) is 0 Å². The van der Waals surface area contributed by atoms with Gasteiger partial charge >= 0.3 is 0 Å². The highest BCUT2D eigenvalue weighted by atomic mass is 35.5. The lowest BCUT2D eigenvalue weighted by Crippen LogP contribution is -2.17. The van der Waals surface area contributed by atoms with E-state index in [1.807, 2.05) is 36.5 Å². The molecule has 7 heteroatoms. The van der Waals surface area contributed by atoms with E-state index in [1.54, 1.807) is 18.6 Å². The number of halogens is 1. The van der Waals surface area contributed by atoms with Crippen LogP contribution in [0.1, 0.15) is 49.6 Å². The van der Waals surface area contributed by atoms with Gasteiger partial charge in [-0.3, -0.25) is 9.97 Å². The first kappa shape index (κ1) is 22.2. The molecule has 1 aliphatic carbocycles. The second-order valence-corrected chi connectivity index (χ2v) is 9.52.